The zero-order valence-corrected chi connectivity index (χ0v) is 7.26. The average Bonchev–Trinajstić information content (AvgIpc) is 2.03. The van der Waals surface area contributed by atoms with E-state index in [9.17, 15) is 4.79 Å². The Morgan fingerprint density at radius 3 is 2.91 bits per heavy atom. The molecule has 0 aromatic rings. The van der Waals surface area contributed by atoms with Crippen LogP contribution >= 0.6 is 0 Å². The van der Waals surface area contributed by atoms with Gasteiger partial charge >= 0.3 is 0 Å². The summed E-state index contributed by atoms with van der Waals surface area (Å²) in [6, 6.07) is 0. The van der Waals surface area contributed by atoms with Crippen molar-refractivity contribution in [2.45, 2.75) is 12.8 Å². The molecule has 1 aliphatic rings. The minimum atomic E-state index is 0.191. The van der Waals surface area contributed by atoms with Crippen LogP contribution in [0.2, 0.25) is 0 Å². The number of rotatable bonds is 1. The molecule has 1 unspecified atom stereocenters. The number of likely N-dealkylation sites (tertiary alicyclic amines) is 1. The van der Waals surface area contributed by atoms with Crippen molar-refractivity contribution >= 4 is 5.91 Å². The van der Waals surface area contributed by atoms with E-state index in [0.717, 1.165) is 25.9 Å². The first-order valence-corrected chi connectivity index (χ1v) is 4.14. The Labute approximate surface area is 67.8 Å². The van der Waals surface area contributed by atoms with E-state index in [1.54, 1.807) is 7.05 Å². The number of piperidine rings is 1. The molecule has 64 valence electrons. The highest BCUT2D eigenvalue weighted by Gasteiger charge is 2.22. The van der Waals surface area contributed by atoms with Crippen LogP contribution in [-0.2, 0) is 4.79 Å². The number of hydrogen-bond acceptors (Lipinski definition) is 2. The molecule has 1 heterocycles. The Morgan fingerprint density at radius 1 is 1.64 bits per heavy atom. The molecular weight excluding hydrogens is 140 g/mol. The van der Waals surface area contributed by atoms with Crippen molar-refractivity contribution in [1.29, 1.82) is 0 Å². The van der Waals surface area contributed by atoms with Crippen LogP contribution in [0.1, 0.15) is 12.8 Å². The van der Waals surface area contributed by atoms with E-state index in [4.69, 9.17) is 0 Å². The predicted octanol–water partition coefficient (Wildman–Crippen LogP) is 0.0742. The molecule has 0 saturated carbocycles. The monoisotopic (exact) mass is 156 g/mol. The number of hydrogen-bond donors (Lipinski definition) is 1. The fraction of sp³-hybridized carbons (Fsp3) is 0.875. The van der Waals surface area contributed by atoms with Gasteiger partial charge in [0.05, 0.1) is 5.92 Å². The van der Waals surface area contributed by atoms with Gasteiger partial charge in [-0.15, -0.1) is 0 Å². The lowest BCUT2D eigenvalue weighted by Gasteiger charge is -2.28. The minimum absolute atomic E-state index is 0.191. The SMILES string of the molecule is CNC(=O)C1CCCN(C)C1. The maximum Gasteiger partial charge on any atom is 0.224 e. The predicted molar refractivity (Wildman–Crippen MR) is 44.3 cm³/mol. The highest BCUT2D eigenvalue weighted by molar-refractivity contribution is 5.78. The van der Waals surface area contributed by atoms with Gasteiger partial charge < -0.3 is 10.2 Å². The second kappa shape index (κ2) is 3.72. The van der Waals surface area contributed by atoms with E-state index >= 15 is 0 Å². The van der Waals surface area contributed by atoms with Gasteiger partial charge in [0.15, 0.2) is 0 Å². The van der Waals surface area contributed by atoms with Crippen LogP contribution in [0.3, 0.4) is 0 Å². The van der Waals surface area contributed by atoms with Crippen LogP contribution in [0.5, 0.6) is 0 Å². The van der Waals surface area contributed by atoms with E-state index in [1.165, 1.54) is 0 Å². The third kappa shape index (κ3) is 2.19. The van der Waals surface area contributed by atoms with Crippen molar-refractivity contribution in [3.05, 3.63) is 0 Å². The average molecular weight is 156 g/mol. The minimum Gasteiger partial charge on any atom is -0.359 e. The van der Waals surface area contributed by atoms with E-state index < -0.39 is 0 Å². The Morgan fingerprint density at radius 2 is 2.36 bits per heavy atom. The topological polar surface area (TPSA) is 32.3 Å². The quantitative estimate of drug-likeness (QED) is 0.583. The maximum atomic E-state index is 11.2. The first-order chi connectivity index (χ1) is 5.24. The van der Waals surface area contributed by atoms with Gasteiger partial charge in [0, 0.05) is 13.6 Å². The first kappa shape index (κ1) is 8.53. The van der Waals surface area contributed by atoms with Crippen LogP contribution in [0, 0.1) is 5.92 Å². The molecular formula is C8H16N2O. The molecule has 1 saturated heterocycles. The van der Waals surface area contributed by atoms with Gasteiger partial charge in [0.1, 0.15) is 0 Å². The summed E-state index contributed by atoms with van der Waals surface area (Å²) < 4.78 is 0. The standard InChI is InChI=1S/C8H16N2O/c1-9-8(11)7-4-3-5-10(2)6-7/h7H,3-6H2,1-2H3,(H,9,11). The van der Waals surface area contributed by atoms with Crippen molar-refractivity contribution in [2.75, 3.05) is 27.2 Å². The second-order valence-electron chi connectivity index (χ2n) is 3.22. The molecule has 0 aromatic carbocycles. The summed E-state index contributed by atoms with van der Waals surface area (Å²) in [5, 5.41) is 2.69. The van der Waals surface area contributed by atoms with Crippen molar-refractivity contribution in [1.82, 2.24) is 10.2 Å². The first-order valence-electron chi connectivity index (χ1n) is 4.14. The van der Waals surface area contributed by atoms with Crippen molar-refractivity contribution in [3.8, 4) is 0 Å². The number of carbonyl (C=O) groups excluding carboxylic acids is 1. The van der Waals surface area contributed by atoms with Gasteiger partial charge in [-0.05, 0) is 26.4 Å². The molecule has 3 nitrogen and oxygen atoms in total. The lowest BCUT2D eigenvalue weighted by atomic mass is 9.98. The van der Waals surface area contributed by atoms with Crippen LogP contribution in [-0.4, -0.2) is 38.0 Å². The molecule has 0 radical (unpaired) electrons. The largest absolute Gasteiger partial charge is 0.359 e. The van der Waals surface area contributed by atoms with Gasteiger partial charge in [0.2, 0.25) is 5.91 Å². The third-order valence-corrected chi connectivity index (χ3v) is 2.24. The third-order valence-electron chi connectivity index (χ3n) is 2.24. The second-order valence-corrected chi connectivity index (χ2v) is 3.22. The van der Waals surface area contributed by atoms with E-state index in [2.05, 4.69) is 17.3 Å². The normalized spacial score (nSPS) is 26.5. The summed E-state index contributed by atoms with van der Waals surface area (Å²) in [6.45, 7) is 2.05. The molecule has 3 heteroatoms. The summed E-state index contributed by atoms with van der Waals surface area (Å²) in [5.74, 6) is 0.412. The number of nitrogens with zero attached hydrogens (tertiary/aromatic N) is 1. The summed E-state index contributed by atoms with van der Waals surface area (Å²) in [7, 11) is 3.77. The molecule has 1 atom stereocenters. The Balaban J connectivity index is 2.39. The maximum absolute atomic E-state index is 11.2. The molecule has 11 heavy (non-hydrogen) atoms. The molecule has 1 amide bonds. The van der Waals surface area contributed by atoms with Crippen LogP contribution < -0.4 is 5.32 Å². The molecule has 1 N–H and O–H groups in total. The van der Waals surface area contributed by atoms with Crippen LogP contribution in [0.4, 0.5) is 0 Å². The number of amides is 1. The fourth-order valence-corrected chi connectivity index (χ4v) is 1.58. The van der Waals surface area contributed by atoms with Crippen molar-refractivity contribution in [3.63, 3.8) is 0 Å². The lowest BCUT2D eigenvalue weighted by Crippen LogP contribution is -2.40. The molecule has 0 spiro atoms. The van der Waals surface area contributed by atoms with Gasteiger partial charge in [0.25, 0.3) is 0 Å². The molecule has 0 bridgehead atoms. The molecule has 0 aromatic heterocycles. The van der Waals surface area contributed by atoms with E-state index in [1.807, 2.05) is 0 Å². The van der Waals surface area contributed by atoms with Gasteiger partial charge in [-0.25, -0.2) is 0 Å². The van der Waals surface area contributed by atoms with Crippen molar-refractivity contribution < 1.29 is 4.79 Å². The highest BCUT2D eigenvalue weighted by Crippen LogP contribution is 2.14. The Kier molecular flexibility index (Phi) is 2.88. The lowest BCUT2D eigenvalue weighted by molar-refractivity contribution is -0.126. The number of carbonyl (C=O) groups is 1. The Bertz CT molecular complexity index is 147. The summed E-state index contributed by atoms with van der Waals surface area (Å²) >= 11 is 0. The summed E-state index contributed by atoms with van der Waals surface area (Å²) in [4.78, 5) is 13.4. The van der Waals surface area contributed by atoms with Gasteiger partial charge in [-0.2, -0.15) is 0 Å². The van der Waals surface area contributed by atoms with Gasteiger partial charge in [-0.1, -0.05) is 0 Å². The Hall–Kier alpha value is -0.570. The summed E-state index contributed by atoms with van der Waals surface area (Å²) in [5.41, 5.74) is 0. The van der Waals surface area contributed by atoms with Crippen LogP contribution in [0.15, 0.2) is 0 Å². The number of nitrogens with one attached hydrogen (secondary N) is 1. The van der Waals surface area contributed by atoms with Gasteiger partial charge in [-0.3, -0.25) is 4.79 Å². The molecule has 1 fully saturated rings. The molecule has 1 aliphatic heterocycles. The molecule has 0 aliphatic carbocycles. The van der Waals surface area contributed by atoms with E-state index in [-0.39, 0.29) is 11.8 Å². The molecule has 1 rings (SSSR count). The smallest absolute Gasteiger partial charge is 0.224 e. The van der Waals surface area contributed by atoms with E-state index in [0.29, 0.717) is 0 Å². The summed E-state index contributed by atoms with van der Waals surface area (Å²) in [6.07, 6.45) is 2.19. The zero-order valence-electron chi connectivity index (χ0n) is 7.26. The highest BCUT2D eigenvalue weighted by atomic mass is 16.1. The van der Waals surface area contributed by atoms with Crippen molar-refractivity contribution in [2.24, 2.45) is 5.92 Å². The zero-order chi connectivity index (χ0) is 8.27. The van der Waals surface area contributed by atoms with Crippen LogP contribution in [0.25, 0.3) is 0 Å². The fourth-order valence-electron chi connectivity index (χ4n) is 1.58.